The zero-order chi connectivity index (χ0) is 15.8. The Morgan fingerprint density at radius 2 is 2.24 bits per heavy atom. The van der Waals surface area contributed by atoms with Gasteiger partial charge in [0.25, 0.3) is 5.56 Å². The molecule has 4 atom stereocenters. The van der Waals surface area contributed by atoms with Crippen LogP contribution in [-0.4, -0.2) is 44.8 Å². The second-order valence-electron chi connectivity index (χ2n) is 4.55. The summed E-state index contributed by atoms with van der Waals surface area (Å²) in [5.41, 5.74) is -3.58. The first-order valence-corrected chi connectivity index (χ1v) is 6.34. The molecular weight excluding hydrogens is 306 g/mol. The summed E-state index contributed by atoms with van der Waals surface area (Å²) in [6.45, 7) is -1.27. The van der Waals surface area contributed by atoms with E-state index in [2.05, 4.69) is 0 Å². The largest absolute Gasteiger partial charge is 0.396 e. The quantitative estimate of drug-likeness (QED) is 0.534. The van der Waals surface area contributed by atoms with E-state index in [1.165, 1.54) is 0 Å². The van der Waals surface area contributed by atoms with Crippen molar-refractivity contribution in [2.24, 2.45) is 5.92 Å². The highest BCUT2D eigenvalue weighted by molar-refractivity contribution is 7.71. The van der Waals surface area contributed by atoms with Gasteiger partial charge in [-0.05, 0) is 12.2 Å². The summed E-state index contributed by atoms with van der Waals surface area (Å²) < 4.78 is 34.2. The maximum absolute atomic E-state index is 15.0. The molecule has 1 aromatic rings. The normalized spacial score (nSPS) is 32.0. The molecule has 1 fully saturated rings. The topological polar surface area (TPSA) is 87.5 Å². The summed E-state index contributed by atoms with van der Waals surface area (Å²) in [5, 5.41) is 18.5. The lowest BCUT2D eigenvalue weighted by atomic mass is 9.87. The van der Waals surface area contributed by atoms with E-state index in [1.807, 2.05) is 10.9 Å². The lowest BCUT2D eigenvalue weighted by Crippen LogP contribution is -2.40. The number of H-pyrrole nitrogens is 1. The fourth-order valence-electron chi connectivity index (χ4n) is 2.32. The summed E-state index contributed by atoms with van der Waals surface area (Å²) in [6, 6.07) is 0. The summed E-state index contributed by atoms with van der Waals surface area (Å²) in [6.07, 6.45) is 3.20. The van der Waals surface area contributed by atoms with Crippen LogP contribution in [0.3, 0.4) is 0 Å². The Labute approximate surface area is 123 Å². The van der Waals surface area contributed by atoms with E-state index in [9.17, 15) is 23.8 Å². The van der Waals surface area contributed by atoms with Crippen LogP contribution < -0.4 is 5.56 Å². The molecule has 0 bridgehead atoms. The number of hydrogen-bond donors (Lipinski definition) is 3. The van der Waals surface area contributed by atoms with E-state index in [-0.39, 0.29) is 4.77 Å². The van der Waals surface area contributed by atoms with Crippen molar-refractivity contribution in [3.8, 4) is 12.3 Å². The van der Waals surface area contributed by atoms with Crippen LogP contribution in [-0.2, 0) is 4.74 Å². The molecule has 0 aromatic carbocycles. The van der Waals surface area contributed by atoms with E-state index >= 15 is 0 Å². The Morgan fingerprint density at radius 3 is 2.76 bits per heavy atom. The van der Waals surface area contributed by atoms with Gasteiger partial charge in [-0.3, -0.25) is 14.3 Å². The molecule has 114 valence electrons. The predicted octanol–water partition coefficient (Wildman–Crippen LogP) is -0.115. The number of halogens is 2. The highest BCUT2D eigenvalue weighted by atomic mass is 32.1. The van der Waals surface area contributed by atoms with Crippen LogP contribution in [0.15, 0.2) is 11.0 Å². The Hall–Kier alpha value is -1.60. The number of ether oxygens (including phenoxy) is 1. The van der Waals surface area contributed by atoms with E-state index < -0.39 is 48.5 Å². The minimum absolute atomic E-state index is 0.293. The number of rotatable bonds is 3. The molecule has 0 saturated carbocycles. The third-order valence-corrected chi connectivity index (χ3v) is 3.74. The van der Waals surface area contributed by atoms with Gasteiger partial charge in [0.2, 0.25) is 11.5 Å². The number of aromatic amines is 1. The van der Waals surface area contributed by atoms with Crippen molar-refractivity contribution in [2.45, 2.75) is 18.0 Å². The van der Waals surface area contributed by atoms with Gasteiger partial charge in [-0.1, -0.05) is 5.92 Å². The standard InChI is InChI=1S/C12H12F2N2O4S/c1-2-12(14)6(4-17)8(5-18)20-10(12)16-3-7(13)9(19)15-11(16)21/h1,3,6,8,10,17-18H,4-5H2,(H,15,19,21)/t6?,8-,10-,12?/m1/s1. The number of aliphatic hydroxyl groups is 2. The summed E-state index contributed by atoms with van der Waals surface area (Å²) >= 11 is 4.84. The van der Waals surface area contributed by atoms with Gasteiger partial charge >= 0.3 is 0 Å². The number of terminal acetylenes is 1. The first kappa shape index (κ1) is 15.8. The van der Waals surface area contributed by atoms with Crippen LogP contribution in [0.4, 0.5) is 8.78 Å². The van der Waals surface area contributed by atoms with Gasteiger partial charge in [-0.15, -0.1) is 6.42 Å². The van der Waals surface area contributed by atoms with Crippen molar-refractivity contribution in [1.29, 1.82) is 0 Å². The maximum atomic E-state index is 15.0. The average molecular weight is 318 g/mol. The smallest absolute Gasteiger partial charge is 0.287 e. The summed E-state index contributed by atoms with van der Waals surface area (Å²) in [4.78, 5) is 13.1. The zero-order valence-corrected chi connectivity index (χ0v) is 11.4. The molecular formula is C12H12F2N2O4S. The second kappa shape index (κ2) is 5.65. The molecule has 2 rings (SSSR count). The molecule has 1 saturated heterocycles. The molecule has 0 spiro atoms. The molecule has 6 nitrogen and oxygen atoms in total. The lowest BCUT2D eigenvalue weighted by Gasteiger charge is -2.26. The lowest BCUT2D eigenvalue weighted by molar-refractivity contribution is -0.0523. The number of hydrogen-bond acceptors (Lipinski definition) is 5. The van der Waals surface area contributed by atoms with Crippen LogP contribution in [0.1, 0.15) is 6.23 Å². The van der Waals surface area contributed by atoms with Gasteiger partial charge in [0.1, 0.15) is 0 Å². The van der Waals surface area contributed by atoms with Crippen LogP contribution in [0, 0.1) is 28.8 Å². The SMILES string of the molecule is C#CC1(F)C(CO)[C@@H](CO)O[C@H]1n1cc(F)c(=O)[nH]c1=S. The Bertz CT molecular complexity index is 698. The van der Waals surface area contributed by atoms with Crippen LogP contribution in [0.2, 0.25) is 0 Å². The molecule has 1 aromatic heterocycles. The second-order valence-corrected chi connectivity index (χ2v) is 4.94. The maximum Gasteiger partial charge on any atom is 0.287 e. The first-order valence-electron chi connectivity index (χ1n) is 5.93. The number of nitrogens with one attached hydrogen (secondary N) is 1. The molecule has 9 heteroatoms. The van der Waals surface area contributed by atoms with Crippen molar-refractivity contribution < 1.29 is 23.7 Å². The van der Waals surface area contributed by atoms with Gasteiger partial charge in [0.05, 0.1) is 31.4 Å². The van der Waals surface area contributed by atoms with Crippen molar-refractivity contribution in [1.82, 2.24) is 9.55 Å². The zero-order valence-electron chi connectivity index (χ0n) is 10.6. The van der Waals surface area contributed by atoms with Gasteiger partial charge in [-0.2, -0.15) is 4.39 Å². The molecule has 0 aliphatic carbocycles. The molecule has 2 unspecified atom stereocenters. The van der Waals surface area contributed by atoms with Crippen molar-refractivity contribution >= 4 is 12.2 Å². The van der Waals surface area contributed by atoms with Crippen LogP contribution in [0.5, 0.6) is 0 Å². The monoisotopic (exact) mass is 318 g/mol. The highest BCUT2D eigenvalue weighted by Crippen LogP contribution is 2.45. The van der Waals surface area contributed by atoms with Gasteiger partial charge in [-0.25, -0.2) is 4.39 Å². The number of alkyl halides is 1. The molecule has 1 aliphatic heterocycles. The Kier molecular flexibility index (Phi) is 4.25. The summed E-state index contributed by atoms with van der Waals surface area (Å²) in [5.74, 6) is -0.537. The van der Waals surface area contributed by atoms with E-state index in [4.69, 9.17) is 23.4 Å². The van der Waals surface area contributed by atoms with E-state index in [1.54, 1.807) is 0 Å². The van der Waals surface area contributed by atoms with Crippen LogP contribution in [0.25, 0.3) is 0 Å². The third kappa shape index (κ3) is 2.40. The molecule has 21 heavy (non-hydrogen) atoms. The fraction of sp³-hybridized carbons (Fsp3) is 0.500. The summed E-state index contributed by atoms with van der Waals surface area (Å²) in [7, 11) is 0. The fourth-order valence-corrected chi connectivity index (χ4v) is 2.56. The van der Waals surface area contributed by atoms with E-state index in [0.29, 0.717) is 6.20 Å². The van der Waals surface area contributed by atoms with Gasteiger partial charge in [0, 0.05) is 0 Å². The Balaban J connectivity index is 2.58. The van der Waals surface area contributed by atoms with Crippen molar-refractivity contribution in [3.63, 3.8) is 0 Å². The average Bonchev–Trinajstić information content (AvgIpc) is 2.75. The highest BCUT2D eigenvalue weighted by Gasteiger charge is 2.57. The minimum Gasteiger partial charge on any atom is -0.396 e. The van der Waals surface area contributed by atoms with Gasteiger partial charge in [0.15, 0.2) is 11.0 Å². The number of nitrogens with zero attached hydrogens (tertiary/aromatic N) is 1. The molecule has 3 N–H and O–H groups in total. The predicted molar refractivity (Wildman–Crippen MR) is 70.1 cm³/mol. The minimum atomic E-state index is -2.52. The van der Waals surface area contributed by atoms with Gasteiger partial charge < -0.3 is 14.9 Å². The Morgan fingerprint density at radius 1 is 1.57 bits per heavy atom. The van der Waals surface area contributed by atoms with Crippen molar-refractivity contribution in [2.75, 3.05) is 13.2 Å². The first-order chi connectivity index (χ1) is 9.88. The number of aliphatic hydroxyl groups excluding tert-OH is 2. The van der Waals surface area contributed by atoms with E-state index in [0.717, 1.165) is 4.57 Å². The van der Waals surface area contributed by atoms with Crippen molar-refractivity contribution in [3.05, 3.63) is 27.1 Å². The molecule has 0 amide bonds. The van der Waals surface area contributed by atoms with Crippen LogP contribution >= 0.6 is 12.2 Å². The number of aromatic nitrogens is 2. The molecule has 2 heterocycles. The third-order valence-electron chi connectivity index (χ3n) is 3.43. The molecule has 0 radical (unpaired) electrons. The molecule has 1 aliphatic rings.